The number of hydrogen-bond acceptors (Lipinski definition) is 9. The fraction of sp³-hybridized carbons (Fsp3) is 0.458. The Morgan fingerprint density at radius 2 is 1.74 bits per heavy atom. The third kappa shape index (κ3) is 7.80. The summed E-state index contributed by atoms with van der Waals surface area (Å²) in [5.74, 6) is 0.0532. The zero-order chi connectivity index (χ0) is 27.9. The highest BCUT2D eigenvalue weighted by atomic mass is 32.2. The Morgan fingerprint density at radius 3 is 2.37 bits per heavy atom. The Labute approximate surface area is 224 Å². The number of nitrogens with two attached hydrogens (primary N) is 2. The summed E-state index contributed by atoms with van der Waals surface area (Å²) in [7, 11) is -5.32. The van der Waals surface area contributed by atoms with Crippen molar-refractivity contribution in [3.8, 4) is 5.75 Å². The summed E-state index contributed by atoms with van der Waals surface area (Å²) in [6.45, 7) is 3.20. The molecule has 14 heteroatoms. The molecule has 1 aliphatic heterocycles. The highest BCUT2D eigenvalue weighted by Crippen LogP contribution is 2.29. The summed E-state index contributed by atoms with van der Waals surface area (Å²) in [5.41, 5.74) is 11.4. The Bertz CT molecular complexity index is 1320. The van der Waals surface area contributed by atoms with Crippen molar-refractivity contribution >= 4 is 26.1 Å². The monoisotopic (exact) mass is 569 g/mol. The Morgan fingerprint density at radius 1 is 1.08 bits per heavy atom. The second kappa shape index (κ2) is 12.8. The van der Waals surface area contributed by atoms with E-state index in [1.807, 2.05) is 20.0 Å². The number of sulfonamides is 1. The first-order valence-electron chi connectivity index (χ1n) is 12.0. The molecule has 2 aromatic carbocycles. The lowest BCUT2D eigenvalue weighted by Crippen LogP contribution is -2.44. The molecule has 1 heterocycles. The number of hydrogen-bond donors (Lipinski definition) is 2. The molecule has 0 spiro atoms. The van der Waals surface area contributed by atoms with Gasteiger partial charge in [-0.05, 0) is 74.9 Å². The molecule has 210 valence electrons. The van der Waals surface area contributed by atoms with Crippen molar-refractivity contribution in [2.75, 3.05) is 33.8 Å². The molecule has 38 heavy (non-hydrogen) atoms. The van der Waals surface area contributed by atoms with E-state index in [9.17, 15) is 16.8 Å². The van der Waals surface area contributed by atoms with Crippen LogP contribution >= 0.6 is 0 Å². The van der Waals surface area contributed by atoms with Gasteiger partial charge < -0.3 is 25.9 Å². The number of rotatable bonds is 12. The van der Waals surface area contributed by atoms with E-state index >= 15 is 0 Å². The van der Waals surface area contributed by atoms with Gasteiger partial charge in [0.25, 0.3) is 0 Å². The molecule has 12 nitrogen and oxygen atoms in total. The van der Waals surface area contributed by atoms with Crippen LogP contribution in [0.2, 0.25) is 0 Å². The van der Waals surface area contributed by atoms with Crippen LogP contribution in [-0.4, -0.2) is 78.1 Å². The molecule has 0 amide bonds. The number of guanidine groups is 1. The van der Waals surface area contributed by atoms with Gasteiger partial charge in [0.05, 0.1) is 0 Å². The van der Waals surface area contributed by atoms with Gasteiger partial charge in [-0.2, -0.15) is 12.7 Å². The summed E-state index contributed by atoms with van der Waals surface area (Å²) >= 11 is 0. The molecule has 0 aliphatic carbocycles. The summed E-state index contributed by atoms with van der Waals surface area (Å²) in [4.78, 5) is 6.24. The quantitative estimate of drug-likeness (QED) is 0.0953. The molecule has 1 atom stereocenters. The number of ether oxygens (including phenoxy) is 1. The molecule has 1 saturated heterocycles. The summed E-state index contributed by atoms with van der Waals surface area (Å²) in [6.07, 6.45) is -0.174. The molecule has 1 unspecified atom stereocenters. The highest BCUT2D eigenvalue weighted by Gasteiger charge is 2.35. The van der Waals surface area contributed by atoms with Crippen LogP contribution in [0.25, 0.3) is 0 Å². The van der Waals surface area contributed by atoms with Crippen molar-refractivity contribution in [2.24, 2.45) is 16.6 Å². The lowest BCUT2D eigenvalue weighted by Gasteiger charge is -2.34. The summed E-state index contributed by atoms with van der Waals surface area (Å²) in [6, 6.07) is 12.0. The van der Waals surface area contributed by atoms with E-state index in [1.54, 1.807) is 18.2 Å². The lowest BCUT2D eigenvalue weighted by molar-refractivity contribution is -0.0173. The largest absolute Gasteiger partial charge is 0.464 e. The molecule has 0 radical (unpaired) electrons. The van der Waals surface area contributed by atoms with Crippen LogP contribution in [0.5, 0.6) is 5.75 Å². The smallest absolute Gasteiger partial charge is 0.301 e. The van der Waals surface area contributed by atoms with E-state index in [1.165, 1.54) is 35.6 Å². The second-order valence-electron chi connectivity index (χ2n) is 9.05. The van der Waals surface area contributed by atoms with Crippen molar-refractivity contribution in [2.45, 2.75) is 48.3 Å². The molecular formula is C24H35N5O7S2. The Hall–Kier alpha value is -2.91. The minimum Gasteiger partial charge on any atom is -0.464 e. The van der Waals surface area contributed by atoms with Gasteiger partial charge in [0.1, 0.15) is 22.1 Å². The fourth-order valence-electron chi connectivity index (χ4n) is 4.01. The van der Waals surface area contributed by atoms with E-state index < -0.39 is 31.3 Å². The van der Waals surface area contributed by atoms with Crippen LogP contribution in [0.1, 0.15) is 24.8 Å². The molecule has 2 aromatic rings. The maximum absolute atomic E-state index is 13.6. The fourth-order valence-corrected chi connectivity index (χ4v) is 7.20. The van der Waals surface area contributed by atoms with Crippen molar-refractivity contribution in [3.05, 3.63) is 54.1 Å². The predicted octanol–water partition coefficient (Wildman–Crippen LogP) is 1.42. The minimum absolute atomic E-state index is 0.0889. The topological polar surface area (TPSA) is 167 Å². The number of piperidine rings is 1. The molecule has 1 fully saturated rings. The molecular weight excluding hydrogens is 534 g/mol. The number of benzene rings is 2. The minimum atomic E-state index is -4.61. The number of nitrogens with zero attached hydrogens (tertiary/aromatic N) is 3. The van der Waals surface area contributed by atoms with Crippen LogP contribution in [0.3, 0.4) is 0 Å². The van der Waals surface area contributed by atoms with E-state index in [4.69, 9.17) is 25.2 Å². The SMILES string of the molecule is Cc1cccc(OC(CCON=C(N)N)OS(=O)(=O)c2ccccc2S(=O)(=O)N(C)C2CCN(C)CC2)c1. The van der Waals surface area contributed by atoms with Crippen molar-refractivity contribution in [3.63, 3.8) is 0 Å². The Kier molecular flexibility index (Phi) is 9.95. The number of likely N-dealkylation sites (tertiary alicyclic amines) is 1. The van der Waals surface area contributed by atoms with Gasteiger partial charge in [-0.1, -0.05) is 24.3 Å². The zero-order valence-corrected chi connectivity index (χ0v) is 23.3. The van der Waals surface area contributed by atoms with Crippen LogP contribution < -0.4 is 16.2 Å². The van der Waals surface area contributed by atoms with Crippen molar-refractivity contribution < 1.29 is 30.6 Å². The molecule has 0 bridgehead atoms. The first kappa shape index (κ1) is 29.6. The van der Waals surface area contributed by atoms with Gasteiger partial charge in [-0.15, -0.1) is 0 Å². The molecule has 0 saturated carbocycles. The average Bonchev–Trinajstić information content (AvgIpc) is 2.86. The number of aryl methyl sites for hydroxylation is 1. The van der Waals surface area contributed by atoms with E-state index in [0.29, 0.717) is 18.6 Å². The van der Waals surface area contributed by atoms with Gasteiger partial charge >= 0.3 is 10.1 Å². The molecule has 1 aliphatic rings. The predicted molar refractivity (Wildman–Crippen MR) is 142 cm³/mol. The highest BCUT2D eigenvalue weighted by molar-refractivity contribution is 7.91. The van der Waals surface area contributed by atoms with E-state index in [2.05, 4.69) is 10.1 Å². The summed E-state index contributed by atoms with van der Waals surface area (Å²) in [5, 5.41) is 3.41. The van der Waals surface area contributed by atoms with E-state index in [0.717, 1.165) is 18.7 Å². The van der Waals surface area contributed by atoms with Gasteiger partial charge in [-0.3, -0.25) is 0 Å². The number of oxime groups is 1. The Balaban J connectivity index is 1.88. The molecule has 4 N–H and O–H groups in total. The summed E-state index contributed by atoms with van der Waals surface area (Å²) < 4.78 is 66.5. The van der Waals surface area contributed by atoms with E-state index in [-0.39, 0.29) is 29.9 Å². The third-order valence-electron chi connectivity index (χ3n) is 6.08. The van der Waals surface area contributed by atoms with Crippen LogP contribution in [0, 0.1) is 6.92 Å². The molecule has 0 aromatic heterocycles. The second-order valence-corrected chi connectivity index (χ2v) is 12.6. The van der Waals surface area contributed by atoms with Gasteiger partial charge in [0.2, 0.25) is 22.3 Å². The third-order valence-corrected chi connectivity index (χ3v) is 9.54. The van der Waals surface area contributed by atoms with Crippen LogP contribution in [0.4, 0.5) is 0 Å². The van der Waals surface area contributed by atoms with Crippen LogP contribution in [-0.2, 0) is 29.2 Å². The zero-order valence-electron chi connectivity index (χ0n) is 21.7. The van der Waals surface area contributed by atoms with Crippen molar-refractivity contribution in [1.82, 2.24) is 9.21 Å². The van der Waals surface area contributed by atoms with Gasteiger partial charge in [0, 0.05) is 19.5 Å². The maximum Gasteiger partial charge on any atom is 0.301 e. The van der Waals surface area contributed by atoms with Crippen LogP contribution in [0.15, 0.2) is 63.5 Å². The van der Waals surface area contributed by atoms with Gasteiger partial charge in [0.15, 0.2) is 0 Å². The normalized spacial score (nSPS) is 16.2. The lowest BCUT2D eigenvalue weighted by atomic mass is 10.1. The van der Waals surface area contributed by atoms with Crippen molar-refractivity contribution in [1.29, 1.82) is 0 Å². The maximum atomic E-state index is 13.6. The molecule has 3 rings (SSSR count). The first-order valence-corrected chi connectivity index (χ1v) is 14.9. The first-order chi connectivity index (χ1) is 17.9. The average molecular weight is 570 g/mol. The van der Waals surface area contributed by atoms with Gasteiger partial charge in [-0.25, -0.2) is 12.6 Å². The standard InChI is InChI=1S/C24H35N5O7S2/c1-18-7-6-8-20(17-18)35-23(13-16-34-27-24(25)26)36-38(32,33)22-10-5-4-9-21(22)37(30,31)29(3)19-11-14-28(2)15-12-19/h4-10,17,19,23H,11-16H2,1-3H3,(H4,25,26,27).